The van der Waals surface area contributed by atoms with Crippen molar-refractivity contribution in [2.45, 2.75) is 6.92 Å². The van der Waals surface area contributed by atoms with E-state index in [0.717, 1.165) is 6.07 Å². The first-order chi connectivity index (χ1) is 10.9. The van der Waals surface area contributed by atoms with Gasteiger partial charge >= 0.3 is 0 Å². The predicted molar refractivity (Wildman–Crippen MR) is 86.8 cm³/mol. The van der Waals surface area contributed by atoms with Crippen molar-refractivity contribution >= 4 is 40.5 Å². The summed E-state index contributed by atoms with van der Waals surface area (Å²) < 4.78 is 0. The molecular formula is C15H12ClN3O4. The highest BCUT2D eigenvalue weighted by Gasteiger charge is 2.13. The monoisotopic (exact) mass is 333 g/mol. The number of nitrogens with one attached hydrogen (secondary N) is 2. The number of nitro groups is 1. The van der Waals surface area contributed by atoms with Gasteiger partial charge in [-0.1, -0.05) is 17.7 Å². The molecule has 2 aromatic carbocycles. The lowest BCUT2D eigenvalue weighted by Crippen LogP contribution is -2.13. The number of amides is 2. The molecule has 0 radical (unpaired) electrons. The smallest absolute Gasteiger partial charge is 0.271 e. The zero-order valence-corrected chi connectivity index (χ0v) is 12.8. The summed E-state index contributed by atoms with van der Waals surface area (Å²) in [5.41, 5.74) is 0.887. The molecule has 0 fully saturated rings. The number of carbonyl (C=O) groups is 2. The number of nitrogens with zero attached hydrogens (tertiary/aromatic N) is 1. The van der Waals surface area contributed by atoms with Crippen LogP contribution in [0.1, 0.15) is 17.3 Å². The lowest BCUT2D eigenvalue weighted by molar-refractivity contribution is -0.384. The molecule has 0 aliphatic rings. The third kappa shape index (κ3) is 4.27. The van der Waals surface area contributed by atoms with E-state index in [1.165, 1.54) is 25.1 Å². The second-order valence-electron chi connectivity index (χ2n) is 4.64. The molecule has 23 heavy (non-hydrogen) atoms. The highest BCUT2D eigenvalue weighted by Crippen LogP contribution is 2.27. The number of non-ortho nitro benzene ring substituents is 1. The molecule has 0 heterocycles. The molecule has 118 valence electrons. The molecule has 0 unspecified atom stereocenters. The van der Waals surface area contributed by atoms with Gasteiger partial charge in [0.15, 0.2) is 0 Å². The number of benzene rings is 2. The Hall–Kier alpha value is -2.93. The van der Waals surface area contributed by atoms with Crippen molar-refractivity contribution in [2.75, 3.05) is 10.6 Å². The van der Waals surface area contributed by atoms with Gasteiger partial charge in [0.05, 0.1) is 15.6 Å². The fourth-order valence-electron chi connectivity index (χ4n) is 1.85. The average Bonchev–Trinajstić information content (AvgIpc) is 2.48. The van der Waals surface area contributed by atoms with Crippen molar-refractivity contribution in [3.05, 3.63) is 63.2 Å². The molecule has 0 saturated carbocycles. The second kappa shape index (κ2) is 6.89. The van der Waals surface area contributed by atoms with Crippen molar-refractivity contribution in [1.29, 1.82) is 0 Å². The van der Waals surface area contributed by atoms with Gasteiger partial charge in [0, 0.05) is 30.3 Å². The van der Waals surface area contributed by atoms with E-state index in [1.807, 2.05) is 0 Å². The minimum absolute atomic E-state index is 0.0607. The Labute approximate surface area is 136 Å². The van der Waals surface area contributed by atoms with Crippen molar-refractivity contribution in [3.8, 4) is 0 Å². The summed E-state index contributed by atoms with van der Waals surface area (Å²) in [6, 6.07) is 10.1. The topological polar surface area (TPSA) is 101 Å². The molecule has 8 heteroatoms. The maximum Gasteiger partial charge on any atom is 0.271 e. The number of halogens is 1. The molecule has 2 aromatic rings. The van der Waals surface area contributed by atoms with Crippen molar-refractivity contribution in [3.63, 3.8) is 0 Å². The van der Waals surface area contributed by atoms with E-state index in [9.17, 15) is 19.7 Å². The van der Waals surface area contributed by atoms with E-state index in [1.54, 1.807) is 18.2 Å². The highest BCUT2D eigenvalue weighted by molar-refractivity contribution is 6.34. The van der Waals surface area contributed by atoms with Crippen LogP contribution in [-0.2, 0) is 4.79 Å². The van der Waals surface area contributed by atoms with Gasteiger partial charge in [-0.15, -0.1) is 0 Å². The third-order valence-corrected chi connectivity index (χ3v) is 3.17. The SMILES string of the molecule is CC(=O)Nc1cccc(C(=O)Nc2ccc([N+](=O)[O-])cc2Cl)c1. The zero-order chi connectivity index (χ0) is 17.0. The van der Waals surface area contributed by atoms with Crippen LogP contribution in [0.25, 0.3) is 0 Å². The Balaban J connectivity index is 2.19. The largest absolute Gasteiger partial charge is 0.326 e. The van der Waals surface area contributed by atoms with Gasteiger partial charge in [0.1, 0.15) is 0 Å². The maximum atomic E-state index is 12.2. The molecule has 0 saturated heterocycles. The summed E-state index contributed by atoms with van der Waals surface area (Å²) in [4.78, 5) is 33.3. The van der Waals surface area contributed by atoms with Crippen LogP contribution in [0.5, 0.6) is 0 Å². The first kappa shape index (κ1) is 16.4. The van der Waals surface area contributed by atoms with Gasteiger partial charge in [-0.25, -0.2) is 0 Å². The summed E-state index contributed by atoms with van der Waals surface area (Å²) in [6.45, 7) is 1.36. The number of anilines is 2. The van der Waals surface area contributed by atoms with Crippen LogP contribution in [0, 0.1) is 10.1 Å². The number of hydrogen-bond acceptors (Lipinski definition) is 4. The van der Waals surface area contributed by atoms with Gasteiger partial charge < -0.3 is 10.6 Å². The quantitative estimate of drug-likeness (QED) is 0.660. The fourth-order valence-corrected chi connectivity index (χ4v) is 2.08. The molecule has 0 aliphatic heterocycles. The van der Waals surface area contributed by atoms with E-state index in [0.29, 0.717) is 11.3 Å². The van der Waals surface area contributed by atoms with Crippen LogP contribution in [0.15, 0.2) is 42.5 Å². The van der Waals surface area contributed by atoms with Crippen LogP contribution in [0.3, 0.4) is 0 Å². The number of hydrogen-bond donors (Lipinski definition) is 2. The van der Waals surface area contributed by atoms with Crippen LogP contribution in [-0.4, -0.2) is 16.7 Å². The summed E-state index contributed by atoms with van der Waals surface area (Å²) in [5, 5.41) is 15.9. The normalized spacial score (nSPS) is 10.0. The minimum atomic E-state index is -0.575. The van der Waals surface area contributed by atoms with Crippen LogP contribution >= 0.6 is 11.6 Å². The average molecular weight is 334 g/mol. The molecule has 2 rings (SSSR count). The fraction of sp³-hybridized carbons (Fsp3) is 0.0667. The van der Waals surface area contributed by atoms with E-state index in [4.69, 9.17) is 11.6 Å². The molecule has 2 N–H and O–H groups in total. The van der Waals surface area contributed by atoms with Gasteiger partial charge in [-0.2, -0.15) is 0 Å². The zero-order valence-electron chi connectivity index (χ0n) is 12.0. The van der Waals surface area contributed by atoms with E-state index in [2.05, 4.69) is 10.6 Å². The third-order valence-electron chi connectivity index (χ3n) is 2.86. The predicted octanol–water partition coefficient (Wildman–Crippen LogP) is 3.46. The van der Waals surface area contributed by atoms with E-state index < -0.39 is 10.8 Å². The molecule has 7 nitrogen and oxygen atoms in total. The Morgan fingerprint density at radius 3 is 2.48 bits per heavy atom. The molecule has 0 bridgehead atoms. The molecule has 2 amide bonds. The minimum Gasteiger partial charge on any atom is -0.326 e. The summed E-state index contributed by atoms with van der Waals surface area (Å²) in [6.07, 6.45) is 0. The molecule has 0 aliphatic carbocycles. The van der Waals surface area contributed by atoms with Crippen molar-refractivity contribution < 1.29 is 14.5 Å². The van der Waals surface area contributed by atoms with Crippen LogP contribution < -0.4 is 10.6 Å². The van der Waals surface area contributed by atoms with Gasteiger partial charge in [0.2, 0.25) is 5.91 Å². The Morgan fingerprint density at radius 2 is 1.87 bits per heavy atom. The summed E-state index contributed by atoms with van der Waals surface area (Å²) in [5.74, 6) is -0.700. The van der Waals surface area contributed by atoms with Crippen LogP contribution in [0.4, 0.5) is 17.1 Å². The Morgan fingerprint density at radius 1 is 1.13 bits per heavy atom. The molecule has 0 atom stereocenters. The van der Waals surface area contributed by atoms with Gasteiger partial charge in [-0.05, 0) is 24.3 Å². The first-order valence-electron chi connectivity index (χ1n) is 6.50. The molecular weight excluding hydrogens is 322 g/mol. The summed E-state index contributed by atoms with van der Waals surface area (Å²) >= 11 is 5.93. The standard InChI is InChI=1S/C15H12ClN3O4/c1-9(20)17-11-4-2-3-10(7-11)15(21)18-14-6-5-12(19(22)23)8-13(14)16/h2-8H,1H3,(H,17,20)(H,18,21). The first-order valence-corrected chi connectivity index (χ1v) is 6.87. The summed E-state index contributed by atoms with van der Waals surface area (Å²) in [7, 11) is 0. The molecule has 0 aromatic heterocycles. The van der Waals surface area contributed by atoms with Gasteiger partial charge in [-0.3, -0.25) is 19.7 Å². The highest BCUT2D eigenvalue weighted by atomic mass is 35.5. The Bertz CT molecular complexity index is 792. The lowest BCUT2D eigenvalue weighted by atomic mass is 10.1. The number of rotatable bonds is 4. The van der Waals surface area contributed by atoms with E-state index >= 15 is 0 Å². The van der Waals surface area contributed by atoms with Crippen molar-refractivity contribution in [1.82, 2.24) is 0 Å². The molecule has 0 spiro atoms. The van der Waals surface area contributed by atoms with Crippen molar-refractivity contribution in [2.24, 2.45) is 0 Å². The van der Waals surface area contributed by atoms with Crippen LogP contribution in [0.2, 0.25) is 5.02 Å². The Kier molecular flexibility index (Phi) is 4.92. The maximum absolute atomic E-state index is 12.2. The van der Waals surface area contributed by atoms with Gasteiger partial charge in [0.25, 0.3) is 11.6 Å². The number of nitro benzene ring substituents is 1. The number of carbonyl (C=O) groups excluding carboxylic acids is 2. The van der Waals surface area contributed by atoms with E-state index in [-0.39, 0.29) is 22.3 Å². The lowest BCUT2D eigenvalue weighted by Gasteiger charge is -2.08. The second-order valence-corrected chi connectivity index (χ2v) is 5.04.